The lowest BCUT2D eigenvalue weighted by atomic mass is 9.84. The maximum absolute atomic E-state index is 13.0. The van der Waals surface area contributed by atoms with E-state index in [2.05, 4.69) is 17.3 Å². The minimum atomic E-state index is -4.95. The van der Waals surface area contributed by atoms with Crippen LogP contribution in [0.3, 0.4) is 0 Å². The summed E-state index contributed by atoms with van der Waals surface area (Å²) in [6, 6.07) is 0.421. The summed E-state index contributed by atoms with van der Waals surface area (Å²) in [7, 11) is 2.05. The number of likely N-dealkylation sites (tertiary alicyclic amines) is 2. The third-order valence-corrected chi connectivity index (χ3v) is 5.78. The number of anilines is 1. The van der Waals surface area contributed by atoms with Crippen molar-refractivity contribution in [2.45, 2.75) is 31.6 Å². The minimum absolute atomic E-state index is 0.0433. The van der Waals surface area contributed by atoms with Gasteiger partial charge in [-0.15, -0.1) is 0 Å². The number of benzene rings is 1. The minimum Gasteiger partial charge on any atom is -0.324 e. The zero-order valence-electron chi connectivity index (χ0n) is 15.9. The Labute approximate surface area is 164 Å². The van der Waals surface area contributed by atoms with E-state index in [4.69, 9.17) is 0 Å². The van der Waals surface area contributed by atoms with E-state index in [-0.39, 0.29) is 6.07 Å². The molecule has 2 aliphatic heterocycles. The molecule has 0 aromatic heterocycles. The summed E-state index contributed by atoms with van der Waals surface area (Å²) in [5.41, 5.74) is -3.42. The number of urea groups is 1. The Morgan fingerprint density at radius 1 is 0.897 bits per heavy atom. The Morgan fingerprint density at radius 2 is 1.41 bits per heavy atom. The summed E-state index contributed by atoms with van der Waals surface area (Å²) in [5.74, 6) is 0.788. The molecule has 0 bridgehead atoms. The predicted octanol–water partition coefficient (Wildman–Crippen LogP) is 4.92. The maximum Gasteiger partial charge on any atom is 0.416 e. The number of hydrogen-bond acceptors (Lipinski definition) is 2. The third kappa shape index (κ3) is 5.34. The van der Waals surface area contributed by atoms with Crippen molar-refractivity contribution in [3.05, 3.63) is 29.3 Å². The topological polar surface area (TPSA) is 35.6 Å². The van der Waals surface area contributed by atoms with Crippen molar-refractivity contribution in [1.82, 2.24) is 9.80 Å². The molecule has 0 radical (unpaired) electrons. The normalized spacial score (nSPS) is 22.2. The number of carbonyl (C=O) groups is 1. The van der Waals surface area contributed by atoms with Crippen LogP contribution in [-0.2, 0) is 12.4 Å². The van der Waals surface area contributed by atoms with Crippen LogP contribution in [0.25, 0.3) is 0 Å². The van der Waals surface area contributed by atoms with Crippen molar-refractivity contribution in [2.75, 3.05) is 38.5 Å². The van der Waals surface area contributed by atoms with Crippen LogP contribution in [0.2, 0.25) is 0 Å². The number of amides is 2. The number of alkyl halides is 6. The number of hydrogen-bond donors (Lipinski definition) is 1. The average Bonchev–Trinajstić information content (AvgIpc) is 3.11. The molecular formula is C19H23F6N3O. The third-order valence-electron chi connectivity index (χ3n) is 5.78. The first-order chi connectivity index (χ1) is 13.4. The molecule has 2 aliphatic rings. The van der Waals surface area contributed by atoms with Gasteiger partial charge in [-0.2, -0.15) is 26.3 Å². The summed E-state index contributed by atoms with van der Waals surface area (Å²) in [6.45, 7) is 2.87. The van der Waals surface area contributed by atoms with E-state index < -0.39 is 35.2 Å². The molecule has 0 unspecified atom stereocenters. The van der Waals surface area contributed by atoms with Crippen LogP contribution < -0.4 is 5.32 Å². The molecule has 2 saturated heterocycles. The second-order valence-electron chi connectivity index (χ2n) is 7.86. The van der Waals surface area contributed by atoms with Crippen LogP contribution in [-0.4, -0.2) is 49.1 Å². The van der Waals surface area contributed by atoms with Gasteiger partial charge in [-0.3, -0.25) is 0 Å². The highest BCUT2D eigenvalue weighted by molar-refractivity contribution is 5.89. The molecule has 29 heavy (non-hydrogen) atoms. The lowest BCUT2D eigenvalue weighted by Crippen LogP contribution is -2.36. The fourth-order valence-corrected chi connectivity index (χ4v) is 4.09. The molecule has 3 rings (SSSR count). The van der Waals surface area contributed by atoms with E-state index in [0.29, 0.717) is 37.1 Å². The molecule has 1 N–H and O–H groups in total. The zero-order chi connectivity index (χ0) is 21.4. The second kappa shape index (κ2) is 8.04. The van der Waals surface area contributed by atoms with E-state index in [1.54, 1.807) is 0 Å². The fourth-order valence-electron chi connectivity index (χ4n) is 4.09. The first-order valence-corrected chi connectivity index (χ1v) is 9.47. The van der Waals surface area contributed by atoms with Crippen LogP contribution in [0, 0.1) is 11.8 Å². The first kappa shape index (κ1) is 21.7. The number of piperidine rings is 1. The Hall–Kier alpha value is -1.97. The van der Waals surface area contributed by atoms with Gasteiger partial charge in [0.1, 0.15) is 0 Å². The van der Waals surface area contributed by atoms with Gasteiger partial charge in [0.15, 0.2) is 0 Å². The smallest absolute Gasteiger partial charge is 0.324 e. The Morgan fingerprint density at radius 3 is 1.93 bits per heavy atom. The fraction of sp³-hybridized carbons (Fsp3) is 0.632. The van der Waals surface area contributed by atoms with E-state index in [9.17, 15) is 31.1 Å². The van der Waals surface area contributed by atoms with Crippen LogP contribution in [0.4, 0.5) is 36.8 Å². The van der Waals surface area contributed by atoms with Crippen molar-refractivity contribution < 1.29 is 31.1 Å². The first-order valence-electron chi connectivity index (χ1n) is 9.47. The molecule has 0 spiro atoms. The summed E-state index contributed by atoms with van der Waals surface area (Å²) in [6.07, 6.45) is -7.06. The van der Waals surface area contributed by atoms with Crippen molar-refractivity contribution in [3.8, 4) is 0 Å². The molecular weight excluding hydrogens is 400 g/mol. The molecule has 2 amide bonds. The standard InChI is InChI=1S/C19H23F6N3O/c1-27-5-2-12(3-6-27)13-4-7-28(11-13)17(29)26-16-9-14(18(20,21)22)8-15(10-16)19(23,24)25/h8-10,12-13H,2-7,11H2,1H3,(H,26,29)/t13-/m1/s1. The van der Waals surface area contributed by atoms with E-state index in [1.165, 1.54) is 4.90 Å². The highest BCUT2D eigenvalue weighted by atomic mass is 19.4. The molecule has 1 aromatic carbocycles. The molecule has 1 atom stereocenters. The summed E-state index contributed by atoms with van der Waals surface area (Å²) < 4.78 is 77.8. The second-order valence-corrected chi connectivity index (χ2v) is 7.86. The number of halogens is 6. The highest BCUT2D eigenvalue weighted by Crippen LogP contribution is 2.38. The lowest BCUT2D eigenvalue weighted by Gasteiger charge is -2.32. The summed E-state index contributed by atoms with van der Waals surface area (Å²) >= 11 is 0. The number of nitrogens with zero attached hydrogens (tertiary/aromatic N) is 2. The zero-order valence-corrected chi connectivity index (χ0v) is 15.9. The van der Waals surface area contributed by atoms with Crippen molar-refractivity contribution >= 4 is 11.7 Å². The van der Waals surface area contributed by atoms with E-state index in [0.717, 1.165) is 32.4 Å². The monoisotopic (exact) mass is 423 g/mol. The van der Waals surface area contributed by atoms with Gasteiger partial charge in [-0.25, -0.2) is 4.79 Å². The Kier molecular flexibility index (Phi) is 6.03. The molecule has 4 nitrogen and oxygen atoms in total. The van der Waals surface area contributed by atoms with Crippen LogP contribution in [0.15, 0.2) is 18.2 Å². The average molecular weight is 423 g/mol. The van der Waals surface area contributed by atoms with Crippen LogP contribution in [0.5, 0.6) is 0 Å². The van der Waals surface area contributed by atoms with Crippen LogP contribution in [0.1, 0.15) is 30.4 Å². The van der Waals surface area contributed by atoms with E-state index in [1.807, 2.05) is 0 Å². The van der Waals surface area contributed by atoms with Gasteiger partial charge in [-0.05, 0) is 69.4 Å². The maximum atomic E-state index is 13.0. The van der Waals surface area contributed by atoms with Gasteiger partial charge in [0.25, 0.3) is 0 Å². The van der Waals surface area contributed by atoms with E-state index >= 15 is 0 Å². The number of carbonyl (C=O) groups excluding carboxylic acids is 1. The predicted molar refractivity (Wildman–Crippen MR) is 95.4 cm³/mol. The Bertz CT molecular complexity index is 708. The van der Waals surface area contributed by atoms with Crippen molar-refractivity contribution in [2.24, 2.45) is 11.8 Å². The molecule has 0 aliphatic carbocycles. The van der Waals surface area contributed by atoms with Gasteiger partial charge in [0.2, 0.25) is 0 Å². The van der Waals surface area contributed by atoms with Crippen LogP contribution >= 0.6 is 0 Å². The summed E-state index contributed by atoms with van der Waals surface area (Å²) in [4.78, 5) is 16.2. The quantitative estimate of drug-likeness (QED) is 0.686. The van der Waals surface area contributed by atoms with Gasteiger partial charge in [0.05, 0.1) is 11.1 Å². The van der Waals surface area contributed by atoms with Gasteiger partial charge in [0, 0.05) is 18.8 Å². The SMILES string of the molecule is CN1CCC([C@@H]2CCN(C(=O)Nc3cc(C(F)(F)F)cc(C(F)(F)F)c3)C2)CC1. The molecule has 162 valence electrons. The van der Waals surface area contributed by atoms with Crippen molar-refractivity contribution in [1.29, 1.82) is 0 Å². The Balaban J connectivity index is 1.69. The molecule has 1 aromatic rings. The summed E-state index contributed by atoms with van der Waals surface area (Å²) in [5, 5.41) is 2.22. The van der Waals surface area contributed by atoms with Gasteiger partial charge >= 0.3 is 18.4 Å². The highest BCUT2D eigenvalue weighted by Gasteiger charge is 2.38. The van der Waals surface area contributed by atoms with Crippen molar-refractivity contribution in [3.63, 3.8) is 0 Å². The molecule has 2 heterocycles. The number of nitrogens with one attached hydrogen (secondary N) is 1. The van der Waals surface area contributed by atoms with Gasteiger partial charge < -0.3 is 15.1 Å². The van der Waals surface area contributed by atoms with Gasteiger partial charge in [-0.1, -0.05) is 0 Å². The largest absolute Gasteiger partial charge is 0.416 e. The molecule has 10 heteroatoms. The molecule has 2 fully saturated rings. The lowest BCUT2D eigenvalue weighted by molar-refractivity contribution is -0.143. The molecule has 0 saturated carbocycles. The number of rotatable bonds is 2.